The summed E-state index contributed by atoms with van der Waals surface area (Å²) < 4.78 is 4.67. The summed E-state index contributed by atoms with van der Waals surface area (Å²) in [7, 11) is 1.34. The fraction of sp³-hybridized carbons (Fsp3) is 0.500. The SMILES string of the molecule is COC(=O)c1ccc([C@@]2(C)C[C@H](O)C(=O)C2(C)C)cc1. The zero-order valence-corrected chi connectivity index (χ0v) is 12.3. The number of Topliss-reactive ketones (excluding diaryl/α,β-unsaturated/α-hetero) is 1. The van der Waals surface area contributed by atoms with Crippen LogP contribution in [0.5, 0.6) is 0 Å². The van der Waals surface area contributed by atoms with Crippen LogP contribution >= 0.6 is 0 Å². The Labute approximate surface area is 118 Å². The number of ketones is 1. The number of hydrogen-bond donors (Lipinski definition) is 1. The molecule has 20 heavy (non-hydrogen) atoms. The van der Waals surface area contributed by atoms with Gasteiger partial charge in [0.05, 0.1) is 12.7 Å². The first kappa shape index (κ1) is 14.7. The lowest BCUT2D eigenvalue weighted by Gasteiger charge is -2.37. The number of methoxy groups -OCH3 is 1. The predicted octanol–water partition coefficient (Wildman–Crippen LogP) is 2.09. The van der Waals surface area contributed by atoms with Crippen LogP contribution in [-0.2, 0) is 14.9 Å². The third kappa shape index (κ3) is 1.95. The maximum Gasteiger partial charge on any atom is 0.337 e. The number of aliphatic hydroxyl groups excluding tert-OH is 1. The van der Waals surface area contributed by atoms with Crippen LogP contribution in [0.2, 0.25) is 0 Å². The van der Waals surface area contributed by atoms with Crippen LogP contribution in [0.3, 0.4) is 0 Å². The van der Waals surface area contributed by atoms with Crippen molar-refractivity contribution >= 4 is 11.8 Å². The van der Waals surface area contributed by atoms with Gasteiger partial charge in [0.1, 0.15) is 6.10 Å². The van der Waals surface area contributed by atoms with Crippen LogP contribution < -0.4 is 0 Å². The van der Waals surface area contributed by atoms with E-state index in [9.17, 15) is 14.7 Å². The van der Waals surface area contributed by atoms with Crippen LogP contribution in [0, 0.1) is 5.41 Å². The number of ether oxygens (including phenoxy) is 1. The Hall–Kier alpha value is -1.68. The number of carbonyl (C=O) groups excluding carboxylic acids is 2. The Kier molecular flexibility index (Phi) is 3.46. The van der Waals surface area contributed by atoms with Gasteiger partial charge in [0.2, 0.25) is 0 Å². The minimum atomic E-state index is -0.921. The van der Waals surface area contributed by atoms with Crippen LogP contribution in [0.1, 0.15) is 43.1 Å². The van der Waals surface area contributed by atoms with Gasteiger partial charge in [-0.05, 0) is 24.1 Å². The molecule has 0 saturated heterocycles. The van der Waals surface area contributed by atoms with Gasteiger partial charge in [0.25, 0.3) is 0 Å². The highest BCUT2D eigenvalue weighted by molar-refractivity contribution is 5.93. The fourth-order valence-electron chi connectivity index (χ4n) is 2.99. The molecule has 0 aromatic heterocycles. The summed E-state index contributed by atoms with van der Waals surface area (Å²) in [6, 6.07) is 7.05. The van der Waals surface area contributed by atoms with Gasteiger partial charge in [-0.1, -0.05) is 32.9 Å². The molecule has 1 fully saturated rings. The molecular weight excluding hydrogens is 256 g/mol. The highest BCUT2D eigenvalue weighted by Gasteiger charge is 2.56. The molecule has 1 aliphatic rings. The van der Waals surface area contributed by atoms with E-state index < -0.39 is 16.9 Å². The van der Waals surface area contributed by atoms with Crippen LogP contribution in [0.25, 0.3) is 0 Å². The van der Waals surface area contributed by atoms with Crippen molar-refractivity contribution in [3.8, 4) is 0 Å². The number of carbonyl (C=O) groups is 2. The number of hydrogen-bond acceptors (Lipinski definition) is 4. The highest BCUT2D eigenvalue weighted by Crippen LogP contribution is 2.51. The number of rotatable bonds is 2. The molecule has 4 heteroatoms. The summed E-state index contributed by atoms with van der Waals surface area (Å²) in [5, 5.41) is 9.89. The van der Waals surface area contributed by atoms with E-state index in [4.69, 9.17) is 0 Å². The van der Waals surface area contributed by atoms with Crippen molar-refractivity contribution in [1.29, 1.82) is 0 Å². The van der Waals surface area contributed by atoms with Crippen molar-refractivity contribution in [2.24, 2.45) is 5.41 Å². The third-order valence-corrected chi connectivity index (χ3v) is 4.84. The molecule has 0 amide bonds. The lowest BCUT2D eigenvalue weighted by atomic mass is 9.65. The van der Waals surface area contributed by atoms with Crippen molar-refractivity contribution in [2.45, 2.75) is 38.7 Å². The monoisotopic (exact) mass is 276 g/mol. The van der Waals surface area contributed by atoms with Crippen molar-refractivity contribution < 1.29 is 19.4 Å². The molecule has 1 saturated carbocycles. The molecular formula is C16H20O4. The molecule has 0 heterocycles. The number of benzene rings is 1. The summed E-state index contributed by atoms with van der Waals surface area (Å²) in [6.45, 7) is 5.70. The first-order valence-electron chi connectivity index (χ1n) is 6.65. The Bertz CT molecular complexity index is 544. The van der Waals surface area contributed by atoms with E-state index in [1.165, 1.54) is 7.11 Å². The predicted molar refractivity (Wildman–Crippen MR) is 74.5 cm³/mol. The zero-order chi connectivity index (χ0) is 15.1. The molecule has 1 N–H and O–H groups in total. The summed E-state index contributed by atoms with van der Waals surface area (Å²) >= 11 is 0. The molecule has 1 aromatic carbocycles. The summed E-state index contributed by atoms with van der Waals surface area (Å²) in [6.07, 6.45) is -0.522. The topological polar surface area (TPSA) is 63.6 Å². The highest BCUT2D eigenvalue weighted by atomic mass is 16.5. The second-order valence-electron chi connectivity index (χ2n) is 6.11. The molecule has 0 bridgehead atoms. The fourth-order valence-corrected chi connectivity index (χ4v) is 2.99. The summed E-state index contributed by atoms with van der Waals surface area (Å²) in [5.41, 5.74) is 0.333. The van der Waals surface area contributed by atoms with Crippen LogP contribution in [0.15, 0.2) is 24.3 Å². The smallest absolute Gasteiger partial charge is 0.337 e. The zero-order valence-electron chi connectivity index (χ0n) is 12.3. The van der Waals surface area contributed by atoms with Crippen molar-refractivity contribution in [1.82, 2.24) is 0 Å². The Balaban J connectivity index is 2.41. The van der Waals surface area contributed by atoms with Gasteiger partial charge >= 0.3 is 5.97 Å². The van der Waals surface area contributed by atoms with E-state index in [1.54, 1.807) is 12.1 Å². The van der Waals surface area contributed by atoms with Crippen molar-refractivity contribution in [2.75, 3.05) is 7.11 Å². The molecule has 0 radical (unpaired) electrons. The maximum atomic E-state index is 12.1. The van der Waals surface area contributed by atoms with Crippen LogP contribution in [-0.4, -0.2) is 30.1 Å². The Morgan fingerprint density at radius 3 is 2.20 bits per heavy atom. The van der Waals surface area contributed by atoms with E-state index in [-0.39, 0.29) is 11.8 Å². The number of aliphatic hydroxyl groups is 1. The van der Waals surface area contributed by atoms with Crippen LogP contribution in [0.4, 0.5) is 0 Å². The molecule has 2 rings (SSSR count). The van der Waals surface area contributed by atoms with E-state index in [0.717, 1.165) is 5.56 Å². The molecule has 0 aliphatic heterocycles. The maximum absolute atomic E-state index is 12.1. The van der Waals surface area contributed by atoms with Gasteiger partial charge in [0.15, 0.2) is 5.78 Å². The van der Waals surface area contributed by atoms with E-state index in [2.05, 4.69) is 4.74 Å². The van der Waals surface area contributed by atoms with Gasteiger partial charge < -0.3 is 9.84 Å². The largest absolute Gasteiger partial charge is 0.465 e. The second kappa shape index (κ2) is 4.70. The van der Waals surface area contributed by atoms with E-state index >= 15 is 0 Å². The minimum Gasteiger partial charge on any atom is -0.465 e. The van der Waals surface area contributed by atoms with Gasteiger partial charge in [-0.15, -0.1) is 0 Å². The van der Waals surface area contributed by atoms with Gasteiger partial charge in [-0.3, -0.25) is 4.79 Å². The quantitative estimate of drug-likeness (QED) is 0.840. The lowest BCUT2D eigenvalue weighted by Crippen LogP contribution is -2.38. The average molecular weight is 276 g/mol. The molecule has 4 nitrogen and oxygen atoms in total. The minimum absolute atomic E-state index is 0.128. The first-order chi connectivity index (χ1) is 9.24. The third-order valence-electron chi connectivity index (χ3n) is 4.84. The Morgan fingerprint density at radius 1 is 1.25 bits per heavy atom. The van der Waals surface area contributed by atoms with E-state index in [0.29, 0.717) is 12.0 Å². The van der Waals surface area contributed by atoms with Crippen molar-refractivity contribution in [3.63, 3.8) is 0 Å². The van der Waals surface area contributed by atoms with Gasteiger partial charge in [0, 0.05) is 10.8 Å². The molecule has 0 spiro atoms. The molecule has 1 aliphatic carbocycles. The Morgan fingerprint density at radius 2 is 1.80 bits per heavy atom. The first-order valence-corrected chi connectivity index (χ1v) is 6.65. The lowest BCUT2D eigenvalue weighted by molar-refractivity contribution is -0.131. The van der Waals surface area contributed by atoms with Gasteiger partial charge in [-0.2, -0.15) is 0 Å². The van der Waals surface area contributed by atoms with Crippen molar-refractivity contribution in [3.05, 3.63) is 35.4 Å². The normalized spacial score (nSPS) is 28.4. The summed E-state index contributed by atoms with van der Waals surface area (Å²) in [4.78, 5) is 23.6. The average Bonchev–Trinajstić information content (AvgIpc) is 2.59. The second-order valence-corrected chi connectivity index (χ2v) is 6.11. The van der Waals surface area contributed by atoms with E-state index in [1.807, 2.05) is 32.9 Å². The standard InChI is InChI=1S/C16H20O4/c1-15(2)13(18)12(17)9-16(15,3)11-7-5-10(6-8-11)14(19)20-4/h5-8,12,17H,9H2,1-4H3/t12-,16+/m0/s1. The molecule has 2 atom stereocenters. The van der Waals surface area contributed by atoms with Gasteiger partial charge in [-0.25, -0.2) is 4.79 Å². The molecule has 108 valence electrons. The number of esters is 1. The summed E-state index contributed by atoms with van der Waals surface area (Å²) in [5.74, 6) is -0.513. The molecule has 0 unspecified atom stereocenters. The molecule has 1 aromatic rings.